The fourth-order valence-electron chi connectivity index (χ4n) is 2.85. The molecule has 1 nitrogen and oxygen atoms in total. The van der Waals surface area contributed by atoms with Gasteiger partial charge in [0.25, 0.3) is 0 Å². The van der Waals surface area contributed by atoms with Crippen molar-refractivity contribution in [2.24, 2.45) is 5.92 Å². The maximum atomic E-state index is 12.1. The number of alkyl halides is 3. The zero-order valence-electron chi connectivity index (χ0n) is 11.0. The fourth-order valence-corrected chi connectivity index (χ4v) is 2.85. The van der Waals surface area contributed by atoms with Crippen molar-refractivity contribution in [1.29, 1.82) is 0 Å². The van der Waals surface area contributed by atoms with Crippen molar-refractivity contribution in [2.75, 3.05) is 0 Å². The van der Waals surface area contributed by atoms with Crippen LogP contribution in [0.3, 0.4) is 0 Å². The van der Waals surface area contributed by atoms with Crippen molar-refractivity contribution >= 4 is 0 Å². The van der Waals surface area contributed by atoms with Crippen LogP contribution in [-0.2, 0) is 0 Å². The van der Waals surface area contributed by atoms with Crippen molar-refractivity contribution in [3.8, 4) is 5.75 Å². The summed E-state index contributed by atoms with van der Waals surface area (Å²) in [5.41, 5.74) is 1.13. The van der Waals surface area contributed by atoms with Crippen LogP contribution in [0.2, 0.25) is 0 Å². The Balaban J connectivity index is 1.95. The molecule has 106 valence electrons. The van der Waals surface area contributed by atoms with Crippen molar-refractivity contribution in [1.82, 2.24) is 0 Å². The number of halogens is 3. The zero-order valence-corrected chi connectivity index (χ0v) is 11.0. The Morgan fingerprint density at radius 1 is 1.05 bits per heavy atom. The molecule has 0 heterocycles. The first-order valence-corrected chi connectivity index (χ1v) is 6.83. The van der Waals surface area contributed by atoms with Crippen LogP contribution in [0.15, 0.2) is 24.3 Å². The zero-order chi connectivity index (χ0) is 13.9. The number of benzene rings is 1. The van der Waals surface area contributed by atoms with Crippen LogP contribution in [0.4, 0.5) is 13.2 Å². The van der Waals surface area contributed by atoms with Gasteiger partial charge in [-0.15, -0.1) is 13.2 Å². The van der Waals surface area contributed by atoms with E-state index in [2.05, 4.69) is 11.7 Å². The Morgan fingerprint density at radius 2 is 1.63 bits per heavy atom. The average Bonchev–Trinajstić information content (AvgIpc) is 2.38. The SMILES string of the molecule is CCC1CCC(c2ccc(OC(F)(F)F)cc2)CC1. The van der Waals surface area contributed by atoms with E-state index < -0.39 is 6.36 Å². The summed E-state index contributed by atoms with van der Waals surface area (Å²) in [6.45, 7) is 2.22. The predicted molar refractivity (Wildman–Crippen MR) is 68.1 cm³/mol. The molecule has 0 saturated heterocycles. The molecule has 0 atom stereocenters. The van der Waals surface area contributed by atoms with Crippen LogP contribution in [0.25, 0.3) is 0 Å². The van der Waals surface area contributed by atoms with Crippen LogP contribution in [0, 0.1) is 5.92 Å². The van der Waals surface area contributed by atoms with Crippen LogP contribution < -0.4 is 4.74 Å². The topological polar surface area (TPSA) is 9.23 Å². The summed E-state index contributed by atoms with van der Waals surface area (Å²) in [6, 6.07) is 6.35. The van der Waals surface area contributed by atoms with E-state index in [1.807, 2.05) is 0 Å². The monoisotopic (exact) mass is 272 g/mol. The van der Waals surface area contributed by atoms with Gasteiger partial charge in [-0.1, -0.05) is 25.5 Å². The summed E-state index contributed by atoms with van der Waals surface area (Å²) in [5, 5.41) is 0. The number of ether oxygens (including phenoxy) is 1. The summed E-state index contributed by atoms with van der Waals surface area (Å²) in [4.78, 5) is 0. The summed E-state index contributed by atoms with van der Waals surface area (Å²) >= 11 is 0. The molecule has 0 amide bonds. The molecule has 0 aliphatic heterocycles. The van der Waals surface area contributed by atoms with Crippen molar-refractivity contribution in [3.05, 3.63) is 29.8 Å². The van der Waals surface area contributed by atoms with E-state index in [-0.39, 0.29) is 5.75 Å². The lowest BCUT2D eigenvalue weighted by Crippen LogP contribution is -2.17. The third-order valence-electron chi connectivity index (χ3n) is 4.01. The Kier molecular flexibility index (Phi) is 4.38. The molecule has 1 aliphatic rings. The molecule has 1 aromatic carbocycles. The van der Waals surface area contributed by atoms with Gasteiger partial charge in [0.2, 0.25) is 0 Å². The third-order valence-corrected chi connectivity index (χ3v) is 4.01. The average molecular weight is 272 g/mol. The Labute approximate surface area is 111 Å². The molecule has 0 N–H and O–H groups in total. The molecule has 0 unspecified atom stereocenters. The summed E-state index contributed by atoms with van der Waals surface area (Å²) in [7, 11) is 0. The second kappa shape index (κ2) is 5.85. The highest BCUT2D eigenvalue weighted by Gasteiger charge is 2.31. The minimum absolute atomic E-state index is 0.140. The van der Waals surface area contributed by atoms with Gasteiger partial charge in [0.15, 0.2) is 0 Å². The van der Waals surface area contributed by atoms with E-state index in [0.717, 1.165) is 24.3 Å². The van der Waals surface area contributed by atoms with Gasteiger partial charge in [-0.2, -0.15) is 0 Å². The number of hydrogen-bond acceptors (Lipinski definition) is 1. The van der Waals surface area contributed by atoms with Gasteiger partial charge in [-0.3, -0.25) is 0 Å². The van der Waals surface area contributed by atoms with E-state index in [1.165, 1.54) is 31.4 Å². The predicted octanol–water partition coefficient (Wildman–Crippen LogP) is 5.27. The van der Waals surface area contributed by atoms with Crippen molar-refractivity contribution in [3.63, 3.8) is 0 Å². The molecule has 19 heavy (non-hydrogen) atoms. The van der Waals surface area contributed by atoms with Gasteiger partial charge < -0.3 is 4.74 Å². The van der Waals surface area contributed by atoms with E-state index in [9.17, 15) is 13.2 Å². The normalized spacial score (nSPS) is 24.2. The van der Waals surface area contributed by atoms with Gasteiger partial charge in [0.1, 0.15) is 5.75 Å². The second-order valence-electron chi connectivity index (χ2n) is 5.24. The molecular formula is C15H19F3O. The second-order valence-corrected chi connectivity index (χ2v) is 5.24. The van der Waals surface area contributed by atoms with Crippen molar-refractivity contribution < 1.29 is 17.9 Å². The number of rotatable bonds is 3. The Hall–Kier alpha value is -1.19. The van der Waals surface area contributed by atoms with Gasteiger partial charge in [0.05, 0.1) is 0 Å². The highest BCUT2D eigenvalue weighted by molar-refractivity contribution is 5.29. The van der Waals surface area contributed by atoms with Crippen molar-refractivity contribution in [2.45, 2.75) is 51.3 Å². The molecule has 2 rings (SSSR count). The highest BCUT2D eigenvalue weighted by atomic mass is 19.4. The molecule has 0 aromatic heterocycles. The van der Waals surface area contributed by atoms with Gasteiger partial charge >= 0.3 is 6.36 Å². The van der Waals surface area contributed by atoms with Gasteiger partial charge in [-0.25, -0.2) is 0 Å². The molecule has 0 radical (unpaired) electrons. The Bertz CT molecular complexity index is 389. The summed E-state index contributed by atoms with van der Waals surface area (Å²) in [5.74, 6) is 1.17. The first kappa shape index (κ1) is 14.2. The summed E-state index contributed by atoms with van der Waals surface area (Å²) in [6.07, 6.45) is 1.34. The molecule has 0 spiro atoms. The van der Waals surface area contributed by atoms with Gasteiger partial charge in [0, 0.05) is 0 Å². The van der Waals surface area contributed by atoms with E-state index in [0.29, 0.717) is 5.92 Å². The maximum absolute atomic E-state index is 12.1. The van der Waals surface area contributed by atoms with Crippen LogP contribution >= 0.6 is 0 Å². The largest absolute Gasteiger partial charge is 0.573 e. The molecule has 0 bridgehead atoms. The molecule has 1 aliphatic carbocycles. The fraction of sp³-hybridized carbons (Fsp3) is 0.600. The first-order chi connectivity index (χ1) is 8.98. The lowest BCUT2D eigenvalue weighted by Gasteiger charge is -2.28. The minimum atomic E-state index is -4.61. The van der Waals surface area contributed by atoms with Crippen LogP contribution in [0.1, 0.15) is 50.5 Å². The summed E-state index contributed by atoms with van der Waals surface area (Å²) < 4.78 is 40.0. The van der Waals surface area contributed by atoms with E-state index >= 15 is 0 Å². The van der Waals surface area contributed by atoms with Crippen LogP contribution in [-0.4, -0.2) is 6.36 Å². The van der Waals surface area contributed by atoms with Gasteiger partial charge in [-0.05, 0) is 55.2 Å². The molecule has 4 heteroatoms. The number of hydrogen-bond donors (Lipinski definition) is 0. The molecule has 1 saturated carbocycles. The molecule has 1 aromatic rings. The third kappa shape index (κ3) is 4.15. The van der Waals surface area contributed by atoms with Crippen LogP contribution in [0.5, 0.6) is 5.75 Å². The lowest BCUT2D eigenvalue weighted by atomic mass is 9.78. The standard InChI is InChI=1S/C15H19F3O/c1-2-11-3-5-12(6-4-11)13-7-9-14(10-8-13)19-15(16,17)18/h7-12H,2-6H2,1H3. The van der Waals surface area contributed by atoms with E-state index in [1.54, 1.807) is 12.1 Å². The smallest absolute Gasteiger partial charge is 0.406 e. The highest BCUT2D eigenvalue weighted by Crippen LogP contribution is 2.37. The lowest BCUT2D eigenvalue weighted by molar-refractivity contribution is -0.274. The Morgan fingerprint density at radius 3 is 2.11 bits per heavy atom. The quantitative estimate of drug-likeness (QED) is 0.728. The van der Waals surface area contributed by atoms with E-state index in [4.69, 9.17) is 0 Å². The molecule has 1 fully saturated rings. The maximum Gasteiger partial charge on any atom is 0.573 e. The first-order valence-electron chi connectivity index (χ1n) is 6.83. The molecular weight excluding hydrogens is 253 g/mol. The minimum Gasteiger partial charge on any atom is -0.406 e.